The first-order chi connectivity index (χ1) is 10.1. The molecule has 2 heterocycles. The monoisotopic (exact) mass is 487 g/mol. The molecule has 3 nitrogen and oxygen atoms in total. The fraction of sp³-hybridized carbons (Fsp3) is 0. The van der Waals surface area contributed by atoms with E-state index in [2.05, 4.69) is 23.3 Å². The normalized spacial score (nSPS) is 11.4. The fourth-order valence-corrected chi connectivity index (χ4v) is 4.82. The van der Waals surface area contributed by atoms with Gasteiger partial charge < -0.3 is 0 Å². The van der Waals surface area contributed by atoms with E-state index in [-0.39, 0.29) is 11.5 Å². The maximum atomic E-state index is 14.5. The Hall–Kier alpha value is -1.48. The zero-order valence-electron chi connectivity index (χ0n) is 10.9. The number of anilines is 1. The van der Waals surface area contributed by atoms with E-state index in [0.29, 0.717) is 37.1 Å². The average molecular weight is 487 g/mol. The number of nitrogens with two attached hydrogens (primary N) is 1. The molecule has 0 bridgehead atoms. The van der Waals surface area contributed by atoms with Gasteiger partial charge in [0.2, 0.25) is 0 Å². The number of halogens is 1. The third-order valence-electron chi connectivity index (χ3n) is 3.50. The fourth-order valence-electron chi connectivity index (χ4n) is 2.48. The first-order valence-electron chi connectivity index (χ1n) is 6.36. The van der Waals surface area contributed by atoms with Crippen LogP contribution in [0.5, 0.6) is 0 Å². The number of rotatable bonds is 1. The first-order valence-corrected chi connectivity index (χ1v) is 9.18. The van der Waals surface area contributed by atoms with E-state index in [1.807, 2.05) is 20.7 Å². The Morgan fingerprint density at radius 1 is 1.19 bits per heavy atom. The topological polar surface area (TPSA) is 43.8 Å². The van der Waals surface area contributed by atoms with E-state index in [1.165, 1.54) is 4.70 Å². The van der Waals surface area contributed by atoms with Crippen molar-refractivity contribution in [3.8, 4) is 10.6 Å². The molecule has 4 aromatic rings. The predicted octanol–water partition coefficient (Wildman–Crippen LogP) is 3.57. The first kappa shape index (κ1) is 13.2. The van der Waals surface area contributed by atoms with E-state index in [0.717, 1.165) is 15.8 Å². The SMILES string of the molecule is Nc1ccc2c(c(-c3cc4ccccc4s3)n[n]2[Tl])c1F. The summed E-state index contributed by atoms with van der Waals surface area (Å²) in [5, 5.41) is 6.25. The van der Waals surface area contributed by atoms with Gasteiger partial charge in [0.15, 0.2) is 0 Å². The Balaban J connectivity index is 2.08. The van der Waals surface area contributed by atoms with Crippen molar-refractivity contribution in [2.24, 2.45) is 0 Å². The van der Waals surface area contributed by atoms with Crippen LogP contribution in [0.15, 0.2) is 42.5 Å². The molecule has 0 saturated heterocycles. The molecule has 0 amide bonds. The van der Waals surface area contributed by atoms with Gasteiger partial charge in [0.25, 0.3) is 0 Å². The second kappa shape index (κ2) is 4.77. The van der Waals surface area contributed by atoms with Gasteiger partial charge in [-0.15, -0.1) is 0 Å². The van der Waals surface area contributed by atoms with Crippen molar-refractivity contribution in [2.45, 2.75) is 0 Å². The molecule has 0 aliphatic rings. The molecule has 2 N–H and O–H groups in total. The summed E-state index contributed by atoms with van der Waals surface area (Å²) in [6, 6.07) is 13.6. The molecule has 21 heavy (non-hydrogen) atoms. The number of hydrogen-bond acceptors (Lipinski definition) is 3. The van der Waals surface area contributed by atoms with Crippen LogP contribution in [-0.4, -0.2) is 33.7 Å². The number of aromatic nitrogens is 2. The summed E-state index contributed by atoms with van der Waals surface area (Å²) in [6.07, 6.45) is 0. The molecule has 0 aliphatic carbocycles. The van der Waals surface area contributed by atoms with Gasteiger partial charge in [-0.1, -0.05) is 0 Å². The van der Waals surface area contributed by atoms with E-state index in [4.69, 9.17) is 5.73 Å². The van der Waals surface area contributed by atoms with Crippen molar-refractivity contribution < 1.29 is 4.39 Å². The number of fused-ring (bicyclic) bond motifs is 2. The van der Waals surface area contributed by atoms with Crippen LogP contribution in [0.2, 0.25) is 0 Å². The quantitative estimate of drug-likeness (QED) is 0.330. The second-order valence-electron chi connectivity index (χ2n) is 4.80. The zero-order valence-corrected chi connectivity index (χ0v) is 16.2. The minimum atomic E-state index is -0.369. The van der Waals surface area contributed by atoms with E-state index in [9.17, 15) is 4.39 Å². The average Bonchev–Trinajstić information content (AvgIpc) is 3.04. The molecule has 2 aromatic heterocycles. The van der Waals surface area contributed by atoms with Crippen LogP contribution in [0, 0.1) is 5.82 Å². The van der Waals surface area contributed by atoms with Crippen LogP contribution in [-0.2, 0) is 0 Å². The summed E-state index contributed by atoms with van der Waals surface area (Å²) < 4.78 is 17.5. The summed E-state index contributed by atoms with van der Waals surface area (Å²) in [6.45, 7) is 0. The number of hydrogen-bond donors (Lipinski definition) is 1. The van der Waals surface area contributed by atoms with Crippen molar-refractivity contribution in [3.05, 3.63) is 48.3 Å². The number of nitrogens with zero attached hydrogens (tertiary/aromatic N) is 2. The van der Waals surface area contributed by atoms with Crippen LogP contribution >= 0.6 is 11.3 Å². The molecule has 0 fully saturated rings. The van der Waals surface area contributed by atoms with Gasteiger partial charge in [-0.05, 0) is 0 Å². The van der Waals surface area contributed by atoms with Gasteiger partial charge in [-0.2, -0.15) is 0 Å². The Morgan fingerprint density at radius 2 is 2.00 bits per heavy atom. The summed E-state index contributed by atoms with van der Waals surface area (Å²) in [4.78, 5) is 0.977. The van der Waals surface area contributed by atoms with E-state index >= 15 is 0 Å². The maximum absolute atomic E-state index is 14.5. The van der Waals surface area contributed by atoms with Gasteiger partial charge in [0.05, 0.1) is 0 Å². The van der Waals surface area contributed by atoms with Crippen molar-refractivity contribution >= 4 is 64.1 Å². The molecule has 4 rings (SSSR count). The van der Waals surface area contributed by atoms with Gasteiger partial charge >= 0.3 is 141 Å². The summed E-state index contributed by atoms with van der Waals surface area (Å²) in [7, 11) is 0. The molecule has 0 saturated carbocycles. The third kappa shape index (κ3) is 1.98. The van der Waals surface area contributed by atoms with Gasteiger partial charge in [-0.25, -0.2) is 0 Å². The molecule has 0 radical (unpaired) electrons. The van der Waals surface area contributed by atoms with E-state index in [1.54, 1.807) is 17.4 Å². The zero-order chi connectivity index (χ0) is 14.6. The van der Waals surface area contributed by atoms with Crippen molar-refractivity contribution in [2.75, 3.05) is 5.73 Å². The predicted molar refractivity (Wildman–Crippen MR) is 86.1 cm³/mol. The minimum absolute atomic E-state index is 0.169. The van der Waals surface area contributed by atoms with Crippen molar-refractivity contribution in [1.29, 1.82) is 0 Å². The molecular weight excluding hydrogens is 478 g/mol. The van der Waals surface area contributed by atoms with Gasteiger partial charge in [0, 0.05) is 0 Å². The Labute approximate surface area is 140 Å². The standard InChI is InChI=1S/C15H9FN3S.Tl/c16-14-9(17)5-6-10-13(14)15(19-18-10)12-7-8-3-1-2-4-11(8)20-12;/h1-7H,17H2;/q-1;+1. The van der Waals surface area contributed by atoms with Crippen LogP contribution in [0.1, 0.15) is 0 Å². The van der Waals surface area contributed by atoms with Crippen LogP contribution in [0.25, 0.3) is 31.6 Å². The molecule has 0 atom stereocenters. The number of thiophene rings is 1. The molecule has 0 aliphatic heterocycles. The van der Waals surface area contributed by atoms with Crippen LogP contribution < -0.4 is 5.73 Å². The summed E-state index contributed by atoms with van der Waals surface area (Å²) in [5.41, 5.74) is 7.40. The second-order valence-corrected chi connectivity index (χ2v) is 7.79. The summed E-state index contributed by atoms with van der Waals surface area (Å²) >= 11 is 2.10. The molecule has 0 unspecified atom stereocenters. The Bertz CT molecular complexity index is 956. The van der Waals surface area contributed by atoms with Crippen molar-refractivity contribution in [1.82, 2.24) is 7.59 Å². The number of nitrogen functional groups attached to an aromatic ring is 1. The van der Waals surface area contributed by atoms with Crippen LogP contribution in [0.3, 0.4) is 0 Å². The summed E-state index contributed by atoms with van der Waals surface area (Å²) in [5.74, 6) is -0.369. The van der Waals surface area contributed by atoms with Gasteiger partial charge in [0.1, 0.15) is 0 Å². The Kier molecular flexibility index (Phi) is 3.00. The Morgan fingerprint density at radius 3 is 2.81 bits per heavy atom. The van der Waals surface area contributed by atoms with E-state index < -0.39 is 0 Å². The molecular formula is C15H9FN3STl. The molecule has 0 spiro atoms. The molecule has 100 valence electrons. The van der Waals surface area contributed by atoms with Gasteiger partial charge in [-0.3, -0.25) is 0 Å². The van der Waals surface area contributed by atoms with Crippen molar-refractivity contribution in [3.63, 3.8) is 0 Å². The number of benzene rings is 2. The molecule has 6 heteroatoms. The molecule has 2 aromatic carbocycles. The third-order valence-corrected chi connectivity index (χ3v) is 6.15. The van der Waals surface area contributed by atoms with Crippen LogP contribution in [0.4, 0.5) is 10.1 Å².